The zero-order valence-corrected chi connectivity index (χ0v) is 6.45. The van der Waals surface area contributed by atoms with E-state index in [1.807, 2.05) is 24.3 Å². The van der Waals surface area contributed by atoms with E-state index >= 15 is 0 Å². The predicted molar refractivity (Wildman–Crippen MR) is 46.8 cm³/mol. The van der Waals surface area contributed by atoms with Crippen LogP contribution in [-0.2, 0) is 0 Å². The normalized spacial score (nSPS) is 23.0. The molecule has 1 heterocycles. The second-order valence-electron chi connectivity index (χ2n) is 2.95. The highest BCUT2D eigenvalue weighted by Crippen LogP contribution is 2.39. The van der Waals surface area contributed by atoms with Crippen molar-refractivity contribution in [1.29, 1.82) is 0 Å². The van der Waals surface area contributed by atoms with Gasteiger partial charge in [-0.05, 0) is 18.2 Å². The number of allylic oxidation sites excluding steroid dienone is 2. The summed E-state index contributed by atoms with van der Waals surface area (Å²) in [7, 11) is 0. The Labute approximate surface area is 71.0 Å². The lowest BCUT2D eigenvalue weighted by Crippen LogP contribution is -2.04. The van der Waals surface area contributed by atoms with Gasteiger partial charge in [-0.25, -0.2) is 0 Å². The third-order valence-corrected chi connectivity index (χ3v) is 2.23. The summed E-state index contributed by atoms with van der Waals surface area (Å²) in [6.07, 6.45) is 6.33. The largest absolute Gasteiger partial charge is 0.481 e. The molecular weight excluding hydrogens is 148 g/mol. The van der Waals surface area contributed by atoms with Gasteiger partial charge in [0.05, 0.1) is 0 Å². The van der Waals surface area contributed by atoms with E-state index in [1.54, 1.807) is 0 Å². The molecule has 1 unspecified atom stereocenters. The van der Waals surface area contributed by atoms with Crippen LogP contribution in [0.4, 0.5) is 0 Å². The van der Waals surface area contributed by atoms with Gasteiger partial charge in [-0.1, -0.05) is 24.3 Å². The van der Waals surface area contributed by atoms with Gasteiger partial charge in [-0.15, -0.1) is 0 Å². The van der Waals surface area contributed by atoms with Crippen LogP contribution < -0.4 is 4.74 Å². The molecule has 1 aliphatic carbocycles. The van der Waals surface area contributed by atoms with E-state index in [0.717, 1.165) is 11.3 Å². The second kappa shape index (κ2) is 2.01. The van der Waals surface area contributed by atoms with Crippen LogP contribution in [-0.4, -0.2) is 6.10 Å². The predicted octanol–water partition coefficient (Wildman–Crippen LogP) is 2.20. The number of fused-ring (bicyclic) bond motifs is 3. The summed E-state index contributed by atoms with van der Waals surface area (Å²) < 4.78 is 5.64. The molecule has 1 atom stereocenters. The Balaban J connectivity index is 2.23. The maximum absolute atomic E-state index is 5.64. The smallest absolute Gasteiger partial charge is 0.143 e. The van der Waals surface area contributed by atoms with Gasteiger partial charge in [0.2, 0.25) is 0 Å². The van der Waals surface area contributed by atoms with Crippen LogP contribution in [0.25, 0.3) is 5.57 Å². The van der Waals surface area contributed by atoms with Crippen LogP contribution in [0.15, 0.2) is 36.4 Å². The molecule has 12 heavy (non-hydrogen) atoms. The van der Waals surface area contributed by atoms with Crippen LogP contribution in [0.1, 0.15) is 5.56 Å². The van der Waals surface area contributed by atoms with Crippen LogP contribution in [0.3, 0.4) is 0 Å². The maximum Gasteiger partial charge on any atom is 0.143 e. The fourth-order valence-electron chi connectivity index (χ4n) is 1.67. The number of benzene rings is 1. The van der Waals surface area contributed by atoms with Crippen molar-refractivity contribution in [1.82, 2.24) is 0 Å². The molecule has 0 bridgehead atoms. The molecule has 1 nitrogen and oxygen atoms in total. The van der Waals surface area contributed by atoms with Gasteiger partial charge in [0.25, 0.3) is 0 Å². The molecule has 1 aromatic rings. The molecule has 1 heteroatoms. The third-order valence-electron chi connectivity index (χ3n) is 2.23. The molecule has 1 aromatic carbocycles. The average molecular weight is 155 g/mol. The van der Waals surface area contributed by atoms with Crippen LogP contribution in [0.2, 0.25) is 0 Å². The first-order valence-corrected chi connectivity index (χ1v) is 4.01. The summed E-state index contributed by atoms with van der Waals surface area (Å²) in [5.74, 6) is 0.957. The SMILES string of the molecule is [c]1cccc2c1C1=CC=CC1O2. The zero-order valence-electron chi connectivity index (χ0n) is 6.45. The molecule has 2 aliphatic rings. The molecule has 3 rings (SSSR count). The minimum absolute atomic E-state index is 0.152. The first-order valence-electron chi connectivity index (χ1n) is 4.01. The first kappa shape index (κ1) is 6.06. The monoisotopic (exact) mass is 155 g/mol. The lowest BCUT2D eigenvalue weighted by atomic mass is 10.1. The van der Waals surface area contributed by atoms with Crippen molar-refractivity contribution in [3.63, 3.8) is 0 Å². The van der Waals surface area contributed by atoms with E-state index in [2.05, 4.69) is 18.2 Å². The summed E-state index contributed by atoms with van der Waals surface area (Å²) >= 11 is 0. The zero-order chi connectivity index (χ0) is 7.97. The van der Waals surface area contributed by atoms with Crippen LogP contribution in [0.5, 0.6) is 5.75 Å². The van der Waals surface area contributed by atoms with Crippen LogP contribution >= 0.6 is 0 Å². The molecule has 0 spiro atoms. The maximum atomic E-state index is 5.64. The van der Waals surface area contributed by atoms with Gasteiger partial charge in [-0.2, -0.15) is 0 Å². The van der Waals surface area contributed by atoms with Crippen molar-refractivity contribution in [2.75, 3.05) is 0 Å². The summed E-state index contributed by atoms with van der Waals surface area (Å²) in [6, 6.07) is 9.04. The number of ether oxygens (including phenoxy) is 1. The van der Waals surface area contributed by atoms with Gasteiger partial charge < -0.3 is 4.74 Å². The van der Waals surface area contributed by atoms with Crippen LogP contribution in [0, 0.1) is 6.07 Å². The Morgan fingerprint density at radius 3 is 3.42 bits per heavy atom. The lowest BCUT2D eigenvalue weighted by Gasteiger charge is -2.01. The van der Waals surface area contributed by atoms with E-state index in [-0.39, 0.29) is 6.10 Å². The fourth-order valence-corrected chi connectivity index (χ4v) is 1.67. The highest BCUT2D eigenvalue weighted by molar-refractivity contribution is 5.81. The minimum Gasteiger partial charge on any atom is -0.481 e. The van der Waals surface area contributed by atoms with E-state index < -0.39 is 0 Å². The number of rotatable bonds is 0. The van der Waals surface area contributed by atoms with Crippen molar-refractivity contribution in [2.45, 2.75) is 6.10 Å². The Morgan fingerprint density at radius 2 is 2.42 bits per heavy atom. The lowest BCUT2D eigenvalue weighted by molar-refractivity contribution is 0.325. The van der Waals surface area contributed by atoms with Crippen molar-refractivity contribution >= 4 is 5.57 Å². The Morgan fingerprint density at radius 1 is 1.42 bits per heavy atom. The second-order valence-corrected chi connectivity index (χ2v) is 2.95. The van der Waals surface area contributed by atoms with Gasteiger partial charge in [0, 0.05) is 11.1 Å². The minimum atomic E-state index is 0.152. The molecule has 0 saturated carbocycles. The van der Waals surface area contributed by atoms with Crippen molar-refractivity contribution < 1.29 is 4.74 Å². The van der Waals surface area contributed by atoms with Gasteiger partial charge >= 0.3 is 0 Å². The van der Waals surface area contributed by atoms with E-state index in [4.69, 9.17) is 4.74 Å². The highest BCUT2D eigenvalue weighted by Gasteiger charge is 2.27. The summed E-state index contributed by atoms with van der Waals surface area (Å²) in [4.78, 5) is 0. The fraction of sp³-hybridized carbons (Fsp3) is 0.0909. The quantitative estimate of drug-likeness (QED) is 0.558. The summed E-state index contributed by atoms with van der Waals surface area (Å²) in [5, 5.41) is 0. The molecule has 0 amide bonds. The van der Waals surface area contributed by atoms with E-state index in [9.17, 15) is 0 Å². The van der Waals surface area contributed by atoms with E-state index in [0.29, 0.717) is 0 Å². The molecular formula is C11H7O. The average Bonchev–Trinajstić information content (AvgIpc) is 2.62. The van der Waals surface area contributed by atoms with Crippen molar-refractivity contribution in [3.8, 4) is 5.75 Å². The molecule has 0 aromatic heterocycles. The Kier molecular flexibility index (Phi) is 1.01. The first-order chi connectivity index (χ1) is 5.95. The molecule has 0 saturated heterocycles. The highest BCUT2D eigenvalue weighted by atomic mass is 16.5. The van der Waals surface area contributed by atoms with Gasteiger partial charge in [0.15, 0.2) is 0 Å². The van der Waals surface area contributed by atoms with Gasteiger partial charge in [0.1, 0.15) is 11.9 Å². The van der Waals surface area contributed by atoms with Crippen molar-refractivity contribution in [3.05, 3.63) is 48.1 Å². The Bertz CT molecular complexity index is 388. The number of hydrogen-bond donors (Lipinski definition) is 0. The molecule has 0 N–H and O–H groups in total. The summed E-state index contributed by atoms with van der Waals surface area (Å²) in [5.41, 5.74) is 2.36. The topological polar surface area (TPSA) is 9.23 Å². The summed E-state index contributed by atoms with van der Waals surface area (Å²) in [6.45, 7) is 0. The third kappa shape index (κ3) is 0.632. The molecule has 0 fully saturated rings. The molecule has 1 aliphatic heterocycles. The molecule has 1 radical (unpaired) electrons. The Hall–Kier alpha value is -1.50. The van der Waals surface area contributed by atoms with Crippen molar-refractivity contribution in [2.24, 2.45) is 0 Å². The number of hydrogen-bond acceptors (Lipinski definition) is 1. The van der Waals surface area contributed by atoms with Gasteiger partial charge in [-0.3, -0.25) is 0 Å². The molecule has 57 valence electrons. The van der Waals surface area contributed by atoms with E-state index in [1.165, 1.54) is 5.57 Å². The standard InChI is InChI=1S/C11H7O/c1-2-6-10-8(4-1)9-5-3-7-11(9)12-10/h1-3,5-7,11H.